The van der Waals surface area contributed by atoms with Crippen molar-refractivity contribution in [2.45, 2.75) is 31.7 Å². The van der Waals surface area contributed by atoms with Gasteiger partial charge in [0.2, 0.25) is 11.9 Å². The monoisotopic (exact) mass is 359 g/mol. The van der Waals surface area contributed by atoms with Gasteiger partial charge in [-0.15, -0.1) is 0 Å². The first-order chi connectivity index (χ1) is 12.8. The number of carbonyl (C=O) groups excluding carboxylic acids is 1. The van der Waals surface area contributed by atoms with Gasteiger partial charge in [0.15, 0.2) is 0 Å². The smallest absolute Gasteiger partial charge is 0.225 e. The maximum absolute atomic E-state index is 12.9. The highest BCUT2D eigenvalue weighted by Gasteiger charge is 2.33. The van der Waals surface area contributed by atoms with Crippen LogP contribution in [0.25, 0.3) is 0 Å². The third-order valence-electron chi connectivity index (χ3n) is 6.01. The van der Waals surface area contributed by atoms with E-state index in [1.807, 2.05) is 11.0 Å². The normalized spacial score (nSPS) is 24.0. The maximum Gasteiger partial charge on any atom is 0.225 e. The summed E-state index contributed by atoms with van der Waals surface area (Å²) in [5, 5.41) is 0. The number of amides is 1. The van der Waals surface area contributed by atoms with Crippen molar-refractivity contribution in [2.75, 3.05) is 57.4 Å². The molecule has 4 heterocycles. The minimum Gasteiger partial charge on any atom is -0.381 e. The average Bonchev–Trinajstić information content (AvgIpc) is 2.75. The lowest BCUT2D eigenvalue weighted by Gasteiger charge is -2.41. The van der Waals surface area contributed by atoms with E-state index in [2.05, 4.69) is 19.8 Å². The Morgan fingerprint density at radius 1 is 0.923 bits per heavy atom. The average molecular weight is 359 g/mol. The van der Waals surface area contributed by atoms with Gasteiger partial charge in [-0.2, -0.15) is 0 Å². The van der Waals surface area contributed by atoms with Gasteiger partial charge in [-0.25, -0.2) is 9.97 Å². The molecule has 0 spiro atoms. The van der Waals surface area contributed by atoms with Gasteiger partial charge in [0.05, 0.1) is 0 Å². The summed E-state index contributed by atoms with van der Waals surface area (Å²) in [4.78, 5) is 28.3. The minimum absolute atomic E-state index is 0.200. The Kier molecular flexibility index (Phi) is 5.65. The van der Waals surface area contributed by atoms with Crippen molar-refractivity contribution in [3.63, 3.8) is 0 Å². The van der Waals surface area contributed by atoms with Crippen LogP contribution in [0.3, 0.4) is 0 Å². The van der Waals surface area contributed by atoms with E-state index in [0.717, 1.165) is 84.1 Å². The summed E-state index contributed by atoms with van der Waals surface area (Å²) in [6.07, 6.45) is 7.82. The molecule has 26 heavy (non-hydrogen) atoms. The van der Waals surface area contributed by atoms with Gasteiger partial charge in [-0.1, -0.05) is 0 Å². The number of anilines is 1. The lowest BCUT2D eigenvalue weighted by Crippen LogP contribution is -2.52. The largest absolute Gasteiger partial charge is 0.381 e. The van der Waals surface area contributed by atoms with E-state index in [0.29, 0.717) is 11.9 Å². The lowest BCUT2D eigenvalue weighted by molar-refractivity contribution is -0.137. The molecule has 0 radical (unpaired) electrons. The summed E-state index contributed by atoms with van der Waals surface area (Å²) >= 11 is 0. The summed E-state index contributed by atoms with van der Waals surface area (Å²) in [5.41, 5.74) is 0. The molecular formula is C19H29N5O2. The predicted molar refractivity (Wildman–Crippen MR) is 99.0 cm³/mol. The highest BCUT2D eigenvalue weighted by molar-refractivity contribution is 5.79. The summed E-state index contributed by atoms with van der Waals surface area (Å²) in [5.74, 6) is 1.32. The summed E-state index contributed by atoms with van der Waals surface area (Å²) in [6, 6.07) is 2.49. The second-order valence-electron chi connectivity index (χ2n) is 7.51. The van der Waals surface area contributed by atoms with E-state index in [-0.39, 0.29) is 5.92 Å². The summed E-state index contributed by atoms with van der Waals surface area (Å²) < 4.78 is 5.47. The van der Waals surface area contributed by atoms with Gasteiger partial charge >= 0.3 is 0 Å². The fourth-order valence-corrected chi connectivity index (χ4v) is 4.40. The molecule has 142 valence electrons. The fraction of sp³-hybridized carbons (Fsp3) is 0.737. The van der Waals surface area contributed by atoms with E-state index in [1.54, 1.807) is 12.4 Å². The standard InChI is InChI=1S/C19H29N5O2/c25-18(16-2-8-22(9-3-16)17-4-14-26-15-5-17)23-10-12-24(13-11-23)19-20-6-1-7-21-19/h1,6-7,16-17H,2-5,8-15H2. The van der Waals surface area contributed by atoms with Crippen LogP contribution in [0.5, 0.6) is 0 Å². The fourth-order valence-electron chi connectivity index (χ4n) is 4.40. The van der Waals surface area contributed by atoms with Crippen LogP contribution >= 0.6 is 0 Å². The number of piperidine rings is 1. The topological polar surface area (TPSA) is 61.8 Å². The van der Waals surface area contributed by atoms with E-state index < -0.39 is 0 Å². The number of carbonyl (C=O) groups is 1. The molecule has 0 N–H and O–H groups in total. The Balaban J connectivity index is 1.24. The van der Waals surface area contributed by atoms with Crippen molar-refractivity contribution in [1.82, 2.24) is 19.8 Å². The third-order valence-corrected chi connectivity index (χ3v) is 6.01. The molecule has 3 aliphatic rings. The quantitative estimate of drug-likeness (QED) is 0.803. The van der Waals surface area contributed by atoms with Gasteiger partial charge in [-0.05, 0) is 44.8 Å². The number of ether oxygens (including phenoxy) is 1. The van der Waals surface area contributed by atoms with Crippen molar-refractivity contribution < 1.29 is 9.53 Å². The Morgan fingerprint density at radius 2 is 1.58 bits per heavy atom. The van der Waals surface area contributed by atoms with Crippen LogP contribution < -0.4 is 4.90 Å². The molecule has 0 aliphatic carbocycles. The van der Waals surface area contributed by atoms with Crippen LogP contribution in [0.4, 0.5) is 5.95 Å². The van der Waals surface area contributed by atoms with E-state index >= 15 is 0 Å². The molecule has 7 heteroatoms. The zero-order chi connectivity index (χ0) is 17.8. The van der Waals surface area contributed by atoms with Crippen LogP contribution in [0.1, 0.15) is 25.7 Å². The molecule has 1 aromatic rings. The molecule has 1 aromatic heterocycles. The van der Waals surface area contributed by atoms with Gasteiger partial charge in [-0.3, -0.25) is 4.79 Å². The highest BCUT2D eigenvalue weighted by atomic mass is 16.5. The van der Waals surface area contributed by atoms with Crippen LogP contribution in [0.2, 0.25) is 0 Å². The molecule has 1 amide bonds. The zero-order valence-corrected chi connectivity index (χ0v) is 15.4. The molecule has 3 saturated heterocycles. The molecule has 7 nitrogen and oxygen atoms in total. The van der Waals surface area contributed by atoms with Crippen molar-refractivity contribution in [3.8, 4) is 0 Å². The second kappa shape index (κ2) is 8.31. The molecule has 0 bridgehead atoms. The number of likely N-dealkylation sites (tertiary alicyclic amines) is 1. The number of hydrogen-bond acceptors (Lipinski definition) is 6. The van der Waals surface area contributed by atoms with E-state index in [9.17, 15) is 4.79 Å². The Labute approximate surface area is 155 Å². The molecule has 0 aromatic carbocycles. The molecule has 0 saturated carbocycles. The Bertz CT molecular complexity index is 577. The van der Waals surface area contributed by atoms with Gasteiger partial charge < -0.3 is 19.4 Å². The van der Waals surface area contributed by atoms with Gasteiger partial charge in [0.25, 0.3) is 0 Å². The van der Waals surface area contributed by atoms with Gasteiger partial charge in [0, 0.05) is 63.7 Å². The van der Waals surface area contributed by atoms with Crippen molar-refractivity contribution >= 4 is 11.9 Å². The van der Waals surface area contributed by atoms with Crippen molar-refractivity contribution in [3.05, 3.63) is 18.5 Å². The lowest BCUT2D eigenvalue weighted by atomic mass is 9.93. The molecule has 0 unspecified atom stereocenters. The van der Waals surface area contributed by atoms with Crippen LogP contribution in [-0.4, -0.2) is 84.2 Å². The molecule has 3 fully saturated rings. The molecule has 3 aliphatic heterocycles. The van der Waals surface area contributed by atoms with Crippen LogP contribution in [0.15, 0.2) is 18.5 Å². The highest BCUT2D eigenvalue weighted by Crippen LogP contribution is 2.25. The summed E-state index contributed by atoms with van der Waals surface area (Å²) in [7, 11) is 0. The first-order valence-corrected chi connectivity index (χ1v) is 9.94. The van der Waals surface area contributed by atoms with Gasteiger partial charge in [0.1, 0.15) is 0 Å². The number of piperazine rings is 1. The van der Waals surface area contributed by atoms with E-state index in [4.69, 9.17) is 4.74 Å². The SMILES string of the molecule is O=C(C1CCN(C2CCOCC2)CC1)N1CCN(c2ncccn2)CC1. The number of nitrogens with zero attached hydrogens (tertiary/aromatic N) is 5. The van der Waals surface area contributed by atoms with Crippen LogP contribution in [-0.2, 0) is 9.53 Å². The Hall–Kier alpha value is -1.73. The maximum atomic E-state index is 12.9. The summed E-state index contributed by atoms with van der Waals surface area (Å²) in [6.45, 7) is 7.07. The zero-order valence-electron chi connectivity index (χ0n) is 15.4. The first kappa shape index (κ1) is 17.7. The van der Waals surface area contributed by atoms with Crippen LogP contribution in [0, 0.1) is 5.92 Å². The molecule has 0 atom stereocenters. The van der Waals surface area contributed by atoms with E-state index in [1.165, 1.54) is 0 Å². The number of hydrogen-bond donors (Lipinski definition) is 0. The van der Waals surface area contributed by atoms with Crippen molar-refractivity contribution in [1.29, 1.82) is 0 Å². The third kappa shape index (κ3) is 3.99. The number of rotatable bonds is 3. The minimum atomic E-state index is 0.200. The predicted octanol–water partition coefficient (Wildman–Crippen LogP) is 1.02. The second-order valence-corrected chi connectivity index (χ2v) is 7.51. The first-order valence-electron chi connectivity index (χ1n) is 9.94. The number of aromatic nitrogens is 2. The van der Waals surface area contributed by atoms with Crippen molar-refractivity contribution in [2.24, 2.45) is 5.92 Å². The molecule has 4 rings (SSSR count). The molecular weight excluding hydrogens is 330 g/mol. The Morgan fingerprint density at radius 3 is 2.23 bits per heavy atom.